The minimum atomic E-state index is -1.10. The minimum Gasteiger partial charge on any atom is -0.478 e. The summed E-state index contributed by atoms with van der Waals surface area (Å²) >= 11 is 6.01. The molecule has 1 aromatic rings. The van der Waals surface area contributed by atoms with Crippen LogP contribution in [0.3, 0.4) is 0 Å². The van der Waals surface area contributed by atoms with E-state index in [-0.39, 0.29) is 16.5 Å². The van der Waals surface area contributed by atoms with E-state index >= 15 is 0 Å². The molecular formula is C14H18ClN3O3. The van der Waals surface area contributed by atoms with Crippen molar-refractivity contribution in [2.45, 2.75) is 31.7 Å². The Morgan fingerprint density at radius 1 is 1.38 bits per heavy atom. The Morgan fingerprint density at radius 2 is 2.10 bits per heavy atom. The maximum Gasteiger partial charge on any atom is 0.337 e. The lowest BCUT2D eigenvalue weighted by Gasteiger charge is -2.12. The summed E-state index contributed by atoms with van der Waals surface area (Å²) < 4.78 is 0. The van der Waals surface area contributed by atoms with Crippen LogP contribution >= 0.6 is 11.6 Å². The highest BCUT2D eigenvalue weighted by Crippen LogP contribution is 2.29. The Labute approximate surface area is 127 Å². The van der Waals surface area contributed by atoms with Crippen LogP contribution in [0.1, 0.15) is 36.0 Å². The Balaban J connectivity index is 1.87. The zero-order valence-electron chi connectivity index (χ0n) is 11.5. The number of carboxylic acid groups (broad SMARTS) is 1. The van der Waals surface area contributed by atoms with Crippen LogP contribution in [-0.4, -0.2) is 29.6 Å². The first kappa shape index (κ1) is 15.4. The molecule has 0 saturated heterocycles. The van der Waals surface area contributed by atoms with E-state index in [0.29, 0.717) is 36.8 Å². The number of hydrogen-bond donors (Lipinski definition) is 4. The lowest BCUT2D eigenvalue weighted by Crippen LogP contribution is -2.25. The number of hydrogen-bond acceptors (Lipinski definition) is 4. The fourth-order valence-corrected chi connectivity index (χ4v) is 2.26. The molecule has 0 atom stereocenters. The average molecular weight is 312 g/mol. The second-order valence-corrected chi connectivity index (χ2v) is 5.51. The van der Waals surface area contributed by atoms with Crippen LogP contribution in [0.5, 0.6) is 0 Å². The third kappa shape index (κ3) is 4.53. The van der Waals surface area contributed by atoms with Crippen molar-refractivity contribution in [2.75, 3.05) is 17.6 Å². The molecule has 0 unspecified atom stereocenters. The van der Waals surface area contributed by atoms with Crippen LogP contribution in [0.4, 0.5) is 11.4 Å². The van der Waals surface area contributed by atoms with Gasteiger partial charge in [0.2, 0.25) is 5.91 Å². The minimum absolute atomic E-state index is 0.0289. The van der Waals surface area contributed by atoms with E-state index in [2.05, 4.69) is 10.6 Å². The lowest BCUT2D eigenvalue weighted by atomic mass is 10.1. The summed E-state index contributed by atoms with van der Waals surface area (Å²) in [7, 11) is 0. The van der Waals surface area contributed by atoms with Gasteiger partial charge in [0.1, 0.15) is 0 Å². The smallest absolute Gasteiger partial charge is 0.337 e. The summed E-state index contributed by atoms with van der Waals surface area (Å²) in [6.45, 7) is 0.460. The maximum atomic E-state index is 11.5. The first-order valence-corrected chi connectivity index (χ1v) is 7.20. The van der Waals surface area contributed by atoms with Crippen molar-refractivity contribution in [3.63, 3.8) is 0 Å². The predicted octanol–water partition coefficient (Wildman–Crippen LogP) is 2.09. The molecule has 114 valence electrons. The summed E-state index contributed by atoms with van der Waals surface area (Å²) in [5.41, 5.74) is 6.25. The second-order valence-electron chi connectivity index (χ2n) is 5.10. The van der Waals surface area contributed by atoms with Gasteiger partial charge >= 0.3 is 5.97 Å². The van der Waals surface area contributed by atoms with Gasteiger partial charge in [0.15, 0.2) is 0 Å². The van der Waals surface area contributed by atoms with Crippen molar-refractivity contribution in [1.29, 1.82) is 0 Å². The van der Waals surface area contributed by atoms with E-state index in [9.17, 15) is 9.59 Å². The number of carbonyl (C=O) groups is 2. The van der Waals surface area contributed by atoms with Gasteiger partial charge in [0, 0.05) is 24.7 Å². The molecule has 1 amide bonds. The van der Waals surface area contributed by atoms with Crippen LogP contribution in [0.2, 0.25) is 5.02 Å². The summed E-state index contributed by atoms with van der Waals surface area (Å²) in [6, 6.07) is 3.21. The average Bonchev–Trinajstić information content (AvgIpc) is 3.19. The molecule has 0 aliphatic heterocycles. The number of benzene rings is 1. The van der Waals surface area contributed by atoms with Gasteiger partial charge in [-0.3, -0.25) is 4.79 Å². The molecule has 1 aliphatic rings. The number of carboxylic acids is 1. The van der Waals surface area contributed by atoms with E-state index in [1.165, 1.54) is 12.1 Å². The zero-order valence-corrected chi connectivity index (χ0v) is 12.2. The summed E-state index contributed by atoms with van der Waals surface area (Å²) in [4.78, 5) is 22.7. The number of nitrogens with one attached hydrogen (secondary N) is 2. The molecule has 1 aromatic carbocycles. The van der Waals surface area contributed by atoms with E-state index in [1.807, 2.05) is 0 Å². The van der Waals surface area contributed by atoms with E-state index in [0.717, 1.165) is 12.8 Å². The monoisotopic (exact) mass is 311 g/mol. The van der Waals surface area contributed by atoms with Gasteiger partial charge in [-0.2, -0.15) is 0 Å². The number of amides is 1. The molecule has 0 heterocycles. The van der Waals surface area contributed by atoms with Crippen LogP contribution in [0.15, 0.2) is 12.1 Å². The van der Waals surface area contributed by atoms with Crippen LogP contribution in [0.25, 0.3) is 0 Å². The quantitative estimate of drug-likeness (QED) is 0.456. The van der Waals surface area contributed by atoms with E-state index in [4.69, 9.17) is 22.4 Å². The Hall–Kier alpha value is -1.95. The Kier molecular flexibility index (Phi) is 4.90. The molecule has 6 nitrogen and oxygen atoms in total. The second kappa shape index (κ2) is 6.67. The van der Waals surface area contributed by atoms with Crippen LogP contribution < -0.4 is 16.4 Å². The van der Waals surface area contributed by atoms with Gasteiger partial charge in [-0.05, 0) is 31.4 Å². The van der Waals surface area contributed by atoms with Gasteiger partial charge < -0.3 is 21.5 Å². The lowest BCUT2D eigenvalue weighted by molar-refractivity contribution is -0.121. The molecular weight excluding hydrogens is 294 g/mol. The normalized spacial score (nSPS) is 13.8. The molecule has 21 heavy (non-hydrogen) atoms. The predicted molar refractivity (Wildman–Crippen MR) is 81.7 cm³/mol. The standard InChI is InChI=1S/C14H18ClN3O3/c15-11-7-8(16)6-10(14(20)21)13(11)17-5-1-2-12(19)18-9-3-4-9/h6-7,9,17H,1-5,16H2,(H,18,19)(H,20,21). The number of nitrogen functional groups attached to an aromatic ring is 1. The molecule has 1 fully saturated rings. The number of anilines is 2. The highest BCUT2D eigenvalue weighted by atomic mass is 35.5. The van der Waals surface area contributed by atoms with Gasteiger partial charge in [-0.25, -0.2) is 4.79 Å². The highest BCUT2D eigenvalue weighted by Gasteiger charge is 2.22. The van der Waals surface area contributed by atoms with Gasteiger partial charge in [0.25, 0.3) is 0 Å². The van der Waals surface area contributed by atoms with Gasteiger partial charge in [-0.15, -0.1) is 0 Å². The topological polar surface area (TPSA) is 104 Å². The number of aromatic carboxylic acids is 1. The number of rotatable bonds is 7. The fourth-order valence-electron chi connectivity index (χ4n) is 1.97. The van der Waals surface area contributed by atoms with Crippen molar-refractivity contribution in [1.82, 2.24) is 5.32 Å². The van der Waals surface area contributed by atoms with Crippen molar-refractivity contribution in [3.8, 4) is 0 Å². The van der Waals surface area contributed by atoms with Crippen molar-refractivity contribution in [2.24, 2.45) is 0 Å². The molecule has 7 heteroatoms. The third-order valence-electron chi connectivity index (χ3n) is 3.17. The third-order valence-corrected chi connectivity index (χ3v) is 3.47. The Bertz CT molecular complexity index is 559. The largest absolute Gasteiger partial charge is 0.478 e. The molecule has 0 radical (unpaired) electrons. The first-order chi connectivity index (χ1) is 9.97. The van der Waals surface area contributed by atoms with Crippen LogP contribution in [0, 0.1) is 0 Å². The highest BCUT2D eigenvalue weighted by molar-refractivity contribution is 6.34. The number of halogens is 1. The molecule has 1 aliphatic carbocycles. The summed E-state index contributed by atoms with van der Waals surface area (Å²) in [6.07, 6.45) is 3.12. The zero-order chi connectivity index (χ0) is 15.4. The van der Waals surface area contributed by atoms with Crippen molar-refractivity contribution in [3.05, 3.63) is 22.7 Å². The fraction of sp³-hybridized carbons (Fsp3) is 0.429. The molecule has 0 spiro atoms. The van der Waals surface area contributed by atoms with E-state index < -0.39 is 5.97 Å². The van der Waals surface area contributed by atoms with Crippen molar-refractivity contribution < 1.29 is 14.7 Å². The van der Waals surface area contributed by atoms with E-state index in [1.54, 1.807) is 0 Å². The Morgan fingerprint density at radius 3 is 2.71 bits per heavy atom. The maximum absolute atomic E-state index is 11.5. The number of carbonyl (C=O) groups excluding carboxylic acids is 1. The summed E-state index contributed by atoms with van der Waals surface area (Å²) in [5.74, 6) is -1.07. The van der Waals surface area contributed by atoms with Gasteiger partial charge in [0.05, 0.1) is 16.3 Å². The SMILES string of the molecule is Nc1cc(Cl)c(NCCCC(=O)NC2CC2)c(C(=O)O)c1. The van der Waals surface area contributed by atoms with Crippen molar-refractivity contribution >= 4 is 34.9 Å². The molecule has 0 aromatic heterocycles. The molecule has 5 N–H and O–H groups in total. The first-order valence-electron chi connectivity index (χ1n) is 6.83. The molecule has 0 bridgehead atoms. The number of nitrogens with two attached hydrogens (primary N) is 1. The molecule has 1 saturated carbocycles. The van der Waals surface area contributed by atoms with Crippen LogP contribution in [-0.2, 0) is 4.79 Å². The van der Waals surface area contributed by atoms with Gasteiger partial charge in [-0.1, -0.05) is 11.6 Å². The molecule has 2 rings (SSSR count). The summed E-state index contributed by atoms with van der Waals surface area (Å²) in [5, 5.41) is 15.3.